The van der Waals surface area contributed by atoms with Crippen molar-refractivity contribution in [3.05, 3.63) is 64.1 Å². The van der Waals surface area contributed by atoms with Gasteiger partial charge in [-0.25, -0.2) is 4.79 Å². The van der Waals surface area contributed by atoms with E-state index in [0.717, 1.165) is 25.2 Å². The molecule has 0 unspecified atom stereocenters. The maximum atomic E-state index is 12.3. The lowest BCUT2D eigenvalue weighted by atomic mass is 10.1. The second-order valence-corrected chi connectivity index (χ2v) is 6.88. The van der Waals surface area contributed by atoms with Crippen LogP contribution in [0.4, 0.5) is 10.5 Å². The van der Waals surface area contributed by atoms with Crippen LogP contribution in [0.1, 0.15) is 5.56 Å². The highest BCUT2D eigenvalue weighted by Crippen LogP contribution is 2.29. The Hall–Kier alpha value is -1.91. The number of benzene rings is 2. The topological polar surface area (TPSA) is 35.6 Å². The molecular weight excluding hydrogens is 357 g/mol. The van der Waals surface area contributed by atoms with Crippen molar-refractivity contribution in [2.24, 2.45) is 0 Å². The minimum absolute atomic E-state index is 0.00205. The van der Waals surface area contributed by atoms with E-state index in [0.29, 0.717) is 29.7 Å². The number of anilines is 1. The van der Waals surface area contributed by atoms with Gasteiger partial charge in [-0.1, -0.05) is 53.5 Å². The molecule has 0 spiro atoms. The van der Waals surface area contributed by atoms with Crippen LogP contribution in [0.15, 0.2) is 48.5 Å². The number of carbonyl (C=O) groups is 1. The van der Waals surface area contributed by atoms with Gasteiger partial charge in [0.1, 0.15) is 0 Å². The van der Waals surface area contributed by atoms with E-state index in [9.17, 15) is 4.79 Å². The normalized spacial score (nSPS) is 14.5. The molecule has 1 aliphatic rings. The molecule has 0 aromatic heterocycles. The Morgan fingerprint density at radius 3 is 2.40 bits per heavy atom. The molecule has 2 aromatic carbocycles. The fraction of sp³-hybridized carbons (Fsp3) is 0.316. The first-order valence-electron chi connectivity index (χ1n) is 8.40. The van der Waals surface area contributed by atoms with Crippen molar-refractivity contribution in [1.29, 1.82) is 0 Å². The predicted octanol–water partition coefficient (Wildman–Crippen LogP) is 4.07. The number of hydrogen-bond acceptors (Lipinski definition) is 2. The fourth-order valence-electron chi connectivity index (χ4n) is 2.96. The zero-order valence-electron chi connectivity index (χ0n) is 13.9. The zero-order valence-corrected chi connectivity index (χ0v) is 15.4. The molecule has 6 heteroatoms. The maximum Gasteiger partial charge on any atom is 0.317 e. The standard InChI is InChI=1S/C19H21Cl2N3O/c20-16-6-7-18(17(21)14-16)23-10-12-24(13-11-23)19(25)22-9-8-15-4-2-1-3-5-15/h1-7,14H,8-13H2,(H,22,25). The fourth-order valence-corrected chi connectivity index (χ4v) is 3.49. The highest BCUT2D eigenvalue weighted by atomic mass is 35.5. The van der Waals surface area contributed by atoms with Gasteiger partial charge >= 0.3 is 6.03 Å². The summed E-state index contributed by atoms with van der Waals surface area (Å²) in [7, 11) is 0. The van der Waals surface area contributed by atoms with Crippen molar-refractivity contribution in [2.75, 3.05) is 37.6 Å². The third kappa shape index (κ3) is 4.80. The number of nitrogens with zero attached hydrogens (tertiary/aromatic N) is 2. The van der Waals surface area contributed by atoms with Crippen LogP contribution < -0.4 is 10.2 Å². The highest BCUT2D eigenvalue weighted by molar-refractivity contribution is 6.36. The number of nitrogens with one attached hydrogen (secondary N) is 1. The van der Waals surface area contributed by atoms with Crippen LogP contribution in [0.25, 0.3) is 0 Å². The van der Waals surface area contributed by atoms with Gasteiger partial charge in [0.15, 0.2) is 0 Å². The minimum atomic E-state index is -0.00205. The molecular formula is C19H21Cl2N3O. The van der Waals surface area contributed by atoms with Crippen LogP contribution in [0.5, 0.6) is 0 Å². The van der Waals surface area contributed by atoms with E-state index < -0.39 is 0 Å². The number of piperazine rings is 1. The van der Waals surface area contributed by atoms with Crippen LogP contribution in [-0.4, -0.2) is 43.7 Å². The lowest BCUT2D eigenvalue weighted by molar-refractivity contribution is 0.194. The highest BCUT2D eigenvalue weighted by Gasteiger charge is 2.22. The van der Waals surface area contributed by atoms with Crippen molar-refractivity contribution in [3.63, 3.8) is 0 Å². The molecule has 0 saturated carbocycles. The van der Waals surface area contributed by atoms with Crippen LogP contribution in [0, 0.1) is 0 Å². The number of carbonyl (C=O) groups excluding carboxylic acids is 1. The predicted molar refractivity (Wildman–Crippen MR) is 104 cm³/mol. The number of amides is 2. The molecule has 25 heavy (non-hydrogen) atoms. The smallest absolute Gasteiger partial charge is 0.317 e. The quantitative estimate of drug-likeness (QED) is 0.871. The number of hydrogen-bond donors (Lipinski definition) is 1. The summed E-state index contributed by atoms with van der Waals surface area (Å²) in [6.07, 6.45) is 0.840. The van der Waals surface area contributed by atoms with E-state index in [1.807, 2.05) is 35.2 Å². The van der Waals surface area contributed by atoms with Crippen molar-refractivity contribution in [2.45, 2.75) is 6.42 Å². The average molecular weight is 378 g/mol. The van der Waals surface area contributed by atoms with Crippen molar-refractivity contribution in [1.82, 2.24) is 10.2 Å². The van der Waals surface area contributed by atoms with Crippen LogP contribution in [0.2, 0.25) is 10.0 Å². The molecule has 1 aliphatic heterocycles. The monoisotopic (exact) mass is 377 g/mol. The van der Waals surface area contributed by atoms with E-state index in [-0.39, 0.29) is 6.03 Å². The summed E-state index contributed by atoms with van der Waals surface area (Å²) in [5.74, 6) is 0. The van der Waals surface area contributed by atoms with Crippen molar-refractivity contribution < 1.29 is 4.79 Å². The Morgan fingerprint density at radius 2 is 1.72 bits per heavy atom. The Balaban J connectivity index is 1.46. The number of halogens is 2. The SMILES string of the molecule is O=C(NCCc1ccccc1)N1CCN(c2ccc(Cl)cc2Cl)CC1. The molecule has 1 fully saturated rings. The van der Waals surface area contributed by atoms with Gasteiger partial charge in [-0.15, -0.1) is 0 Å². The molecule has 1 N–H and O–H groups in total. The molecule has 2 aromatic rings. The number of rotatable bonds is 4. The van der Waals surface area contributed by atoms with E-state index in [1.54, 1.807) is 6.07 Å². The van der Waals surface area contributed by atoms with Gasteiger partial charge in [-0.05, 0) is 30.2 Å². The molecule has 1 heterocycles. The first kappa shape index (κ1) is 17.9. The summed E-state index contributed by atoms with van der Waals surface area (Å²) >= 11 is 12.2. The Bertz CT molecular complexity index is 716. The molecule has 0 bridgehead atoms. The Kier molecular flexibility index (Phi) is 6.05. The van der Waals surface area contributed by atoms with Crippen molar-refractivity contribution in [3.8, 4) is 0 Å². The molecule has 1 saturated heterocycles. The van der Waals surface area contributed by atoms with Gasteiger partial charge < -0.3 is 15.1 Å². The van der Waals surface area contributed by atoms with Gasteiger partial charge in [0.05, 0.1) is 10.7 Å². The maximum absolute atomic E-state index is 12.3. The van der Waals surface area contributed by atoms with Gasteiger partial charge in [0.2, 0.25) is 0 Å². The second kappa shape index (κ2) is 8.45. The largest absolute Gasteiger partial charge is 0.367 e. The molecule has 0 atom stereocenters. The third-order valence-corrected chi connectivity index (χ3v) is 4.89. The molecule has 0 aliphatic carbocycles. The summed E-state index contributed by atoms with van der Waals surface area (Å²) in [4.78, 5) is 16.3. The van der Waals surface area contributed by atoms with E-state index in [2.05, 4.69) is 22.3 Å². The van der Waals surface area contributed by atoms with Crippen molar-refractivity contribution >= 4 is 34.9 Å². The van der Waals surface area contributed by atoms with E-state index >= 15 is 0 Å². The van der Waals surface area contributed by atoms with Crippen LogP contribution in [-0.2, 0) is 6.42 Å². The van der Waals surface area contributed by atoms with Gasteiger partial charge in [0, 0.05) is 37.7 Å². The first-order valence-corrected chi connectivity index (χ1v) is 9.16. The van der Waals surface area contributed by atoms with Crippen LogP contribution in [0.3, 0.4) is 0 Å². The van der Waals surface area contributed by atoms with Gasteiger partial charge in [-0.3, -0.25) is 0 Å². The molecule has 132 valence electrons. The number of urea groups is 1. The second-order valence-electron chi connectivity index (χ2n) is 6.04. The van der Waals surface area contributed by atoms with Gasteiger partial charge in [-0.2, -0.15) is 0 Å². The first-order chi connectivity index (χ1) is 12.1. The van der Waals surface area contributed by atoms with E-state index in [1.165, 1.54) is 5.56 Å². The third-order valence-electron chi connectivity index (χ3n) is 4.35. The summed E-state index contributed by atoms with van der Waals surface area (Å²) in [5.41, 5.74) is 2.19. The average Bonchev–Trinajstić information content (AvgIpc) is 2.63. The molecule has 3 rings (SSSR count). The summed E-state index contributed by atoms with van der Waals surface area (Å²) in [6.45, 7) is 3.51. The lowest BCUT2D eigenvalue weighted by Crippen LogP contribution is -2.52. The zero-order chi connectivity index (χ0) is 17.6. The molecule has 2 amide bonds. The van der Waals surface area contributed by atoms with Crippen LogP contribution >= 0.6 is 23.2 Å². The lowest BCUT2D eigenvalue weighted by Gasteiger charge is -2.36. The Morgan fingerprint density at radius 1 is 1.00 bits per heavy atom. The Labute approximate surface area is 158 Å². The van der Waals surface area contributed by atoms with E-state index in [4.69, 9.17) is 23.2 Å². The summed E-state index contributed by atoms with van der Waals surface area (Å²) in [6, 6.07) is 15.7. The van der Waals surface area contributed by atoms with Gasteiger partial charge in [0.25, 0.3) is 0 Å². The minimum Gasteiger partial charge on any atom is -0.367 e. The molecule has 0 radical (unpaired) electrons. The molecule has 4 nitrogen and oxygen atoms in total. The summed E-state index contributed by atoms with van der Waals surface area (Å²) < 4.78 is 0. The summed E-state index contributed by atoms with van der Waals surface area (Å²) in [5, 5.41) is 4.28.